The van der Waals surface area contributed by atoms with Crippen molar-refractivity contribution in [3.05, 3.63) is 29.5 Å². The average Bonchev–Trinajstić information content (AvgIpc) is 2.32. The molecule has 0 saturated carbocycles. The van der Waals surface area contributed by atoms with Crippen molar-refractivity contribution in [3.8, 4) is 0 Å². The lowest BCUT2D eigenvalue weighted by Crippen LogP contribution is -1.92. The molecule has 0 spiro atoms. The van der Waals surface area contributed by atoms with Crippen LogP contribution in [0.15, 0.2) is 24.5 Å². The molecule has 11 heavy (non-hydrogen) atoms. The molecule has 2 aromatic rings. The number of nitrogens with two attached hydrogens (primary N) is 1. The number of nitrogens with zero attached hydrogens (tertiary/aromatic N) is 2. The summed E-state index contributed by atoms with van der Waals surface area (Å²) in [6.07, 6.45) is 3.47. The van der Waals surface area contributed by atoms with Gasteiger partial charge in [0.1, 0.15) is 0 Å². The van der Waals surface area contributed by atoms with Crippen molar-refractivity contribution in [1.82, 2.24) is 9.38 Å². The third kappa shape index (κ3) is 0.935. The van der Waals surface area contributed by atoms with Crippen molar-refractivity contribution in [3.63, 3.8) is 0 Å². The van der Waals surface area contributed by atoms with Crippen LogP contribution < -0.4 is 5.73 Å². The Morgan fingerprint density at radius 1 is 1.55 bits per heavy atom. The van der Waals surface area contributed by atoms with E-state index in [4.69, 9.17) is 17.3 Å². The molecule has 0 aliphatic rings. The maximum Gasteiger partial charge on any atom is 0.204 e. The number of pyridine rings is 1. The number of fused-ring (bicyclic) bond motifs is 1. The molecule has 0 aliphatic heterocycles. The highest BCUT2D eigenvalue weighted by Gasteiger charge is 1.97. The first-order valence-corrected chi connectivity index (χ1v) is 3.53. The maximum absolute atomic E-state index is 5.75. The molecule has 4 heteroatoms. The number of halogens is 1. The first-order valence-electron chi connectivity index (χ1n) is 3.15. The monoisotopic (exact) mass is 167 g/mol. The molecule has 0 saturated heterocycles. The molecular weight excluding hydrogens is 162 g/mol. The molecule has 2 aromatic heterocycles. The Morgan fingerprint density at radius 2 is 2.36 bits per heavy atom. The topological polar surface area (TPSA) is 43.3 Å². The van der Waals surface area contributed by atoms with Crippen LogP contribution in [0.5, 0.6) is 0 Å². The molecule has 2 N–H and O–H groups in total. The van der Waals surface area contributed by atoms with Gasteiger partial charge in [-0.25, -0.2) is 4.98 Å². The zero-order valence-corrected chi connectivity index (χ0v) is 6.42. The van der Waals surface area contributed by atoms with Crippen LogP contribution in [0.3, 0.4) is 0 Å². The third-order valence-electron chi connectivity index (χ3n) is 1.52. The summed E-state index contributed by atoms with van der Waals surface area (Å²) in [7, 11) is 0. The summed E-state index contributed by atoms with van der Waals surface area (Å²) in [6, 6.07) is 3.58. The van der Waals surface area contributed by atoms with Gasteiger partial charge in [0.15, 0.2) is 0 Å². The van der Waals surface area contributed by atoms with Crippen LogP contribution in [-0.4, -0.2) is 9.38 Å². The van der Waals surface area contributed by atoms with E-state index in [9.17, 15) is 0 Å². The van der Waals surface area contributed by atoms with Gasteiger partial charge >= 0.3 is 0 Å². The van der Waals surface area contributed by atoms with Crippen LogP contribution in [0.4, 0.5) is 5.95 Å². The van der Waals surface area contributed by atoms with E-state index in [-0.39, 0.29) is 0 Å². The lowest BCUT2D eigenvalue weighted by atomic mass is 10.4. The van der Waals surface area contributed by atoms with E-state index in [0.717, 1.165) is 5.52 Å². The highest BCUT2D eigenvalue weighted by molar-refractivity contribution is 6.30. The SMILES string of the molecule is Nc1ncc2cc(Cl)ccn12. The predicted molar refractivity (Wildman–Crippen MR) is 44.6 cm³/mol. The second kappa shape index (κ2) is 2.13. The van der Waals surface area contributed by atoms with Crippen LogP contribution in [0, 0.1) is 0 Å². The Kier molecular flexibility index (Phi) is 1.26. The summed E-state index contributed by atoms with van der Waals surface area (Å²) in [5.74, 6) is 0.483. The Balaban J connectivity index is 2.86. The van der Waals surface area contributed by atoms with E-state index in [2.05, 4.69) is 4.98 Å². The minimum Gasteiger partial charge on any atom is -0.369 e. The van der Waals surface area contributed by atoms with Crippen molar-refractivity contribution in [2.75, 3.05) is 5.73 Å². The number of anilines is 1. The van der Waals surface area contributed by atoms with Crippen molar-refractivity contribution < 1.29 is 0 Å². The Bertz CT molecular complexity index is 393. The fourth-order valence-electron chi connectivity index (χ4n) is 0.993. The number of hydrogen-bond donors (Lipinski definition) is 1. The van der Waals surface area contributed by atoms with Gasteiger partial charge in [-0.2, -0.15) is 0 Å². The van der Waals surface area contributed by atoms with Crippen LogP contribution in [-0.2, 0) is 0 Å². The highest BCUT2D eigenvalue weighted by Crippen LogP contribution is 2.13. The van der Waals surface area contributed by atoms with E-state index in [0.29, 0.717) is 11.0 Å². The summed E-state index contributed by atoms with van der Waals surface area (Å²) in [5.41, 5.74) is 6.45. The number of aromatic nitrogens is 2. The van der Waals surface area contributed by atoms with Gasteiger partial charge in [-0.15, -0.1) is 0 Å². The minimum absolute atomic E-state index is 0.483. The normalized spacial score (nSPS) is 10.6. The van der Waals surface area contributed by atoms with Crippen molar-refractivity contribution in [2.45, 2.75) is 0 Å². The van der Waals surface area contributed by atoms with Crippen molar-refractivity contribution in [2.24, 2.45) is 0 Å². The number of nitrogen functional groups attached to an aromatic ring is 1. The fourth-order valence-corrected chi connectivity index (χ4v) is 1.16. The molecule has 2 rings (SSSR count). The van der Waals surface area contributed by atoms with E-state index >= 15 is 0 Å². The molecule has 2 heterocycles. The van der Waals surface area contributed by atoms with Crippen LogP contribution >= 0.6 is 11.6 Å². The maximum atomic E-state index is 5.75. The van der Waals surface area contributed by atoms with E-state index < -0.39 is 0 Å². The van der Waals surface area contributed by atoms with E-state index in [1.54, 1.807) is 22.9 Å². The molecule has 0 aromatic carbocycles. The van der Waals surface area contributed by atoms with Gasteiger partial charge in [-0.05, 0) is 12.1 Å². The highest BCUT2D eigenvalue weighted by atomic mass is 35.5. The van der Waals surface area contributed by atoms with Crippen LogP contribution in [0.2, 0.25) is 5.02 Å². The van der Waals surface area contributed by atoms with Crippen molar-refractivity contribution >= 4 is 23.1 Å². The Labute approximate surface area is 68.4 Å². The summed E-state index contributed by atoms with van der Waals surface area (Å²) < 4.78 is 1.77. The lowest BCUT2D eigenvalue weighted by molar-refractivity contribution is 1.17. The predicted octanol–water partition coefficient (Wildman–Crippen LogP) is 1.57. The van der Waals surface area contributed by atoms with E-state index in [1.165, 1.54) is 0 Å². The number of rotatable bonds is 0. The van der Waals surface area contributed by atoms with Gasteiger partial charge in [0.2, 0.25) is 5.95 Å². The van der Waals surface area contributed by atoms with Crippen molar-refractivity contribution in [1.29, 1.82) is 0 Å². The second-order valence-corrected chi connectivity index (χ2v) is 2.69. The molecule has 0 amide bonds. The molecule has 0 atom stereocenters. The molecule has 0 aliphatic carbocycles. The largest absolute Gasteiger partial charge is 0.369 e. The first kappa shape index (κ1) is 6.49. The summed E-state index contributed by atoms with van der Waals surface area (Å²) in [5, 5.41) is 0.692. The van der Waals surface area contributed by atoms with Gasteiger partial charge in [0, 0.05) is 11.2 Å². The summed E-state index contributed by atoms with van der Waals surface area (Å²) in [4.78, 5) is 3.92. The van der Waals surface area contributed by atoms with Gasteiger partial charge in [-0.1, -0.05) is 11.6 Å². The lowest BCUT2D eigenvalue weighted by Gasteiger charge is -1.94. The molecular formula is C7H6ClN3. The Morgan fingerprint density at radius 3 is 3.18 bits per heavy atom. The number of hydrogen-bond acceptors (Lipinski definition) is 2. The second-order valence-electron chi connectivity index (χ2n) is 2.26. The smallest absolute Gasteiger partial charge is 0.204 e. The van der Waals surface area contributed by atoms with Gasteiger partial charge in [0.25, 0.3) is 0 Å². The zero-order valence-electron chi connectivity index (χ0n) is 5.66. The summed E-state index contributed by atoms with van der Waals surface area (Å²) >= 11 is 5.75. The fraction of sp³-hybridized carbons (Fsp3) is 0. The van der Waals surface area contributed by atoms with Gasteiger partial charge < -0.3 is 5.73 Å². The third-order valence-corrected chi connectivity index (χ3v) is 1.76. The molecule has 3 nitrogen and oxygen atoms in total. The van der Waals surface area contributed by atoms with Crippen LogP contribution in [0.25, 0.3) is 5.52 Å². The summed E-state index contributed by atoms with van der Waals surface area (Å²) in [6.45, 7) is 0. The average molecular weight is 168 g/mol. The molecule has 56 valence electrons. The first-order chi connectivity index (χ1) is 5.27. The molecule has 0 unspecified atom stereocenters. The standard InChI is InChI=1S/C7H6ClN3/c8-5-1-2-11-6(3-5)4-10-7(11)9/h1-4H,(H2,9,10). The minimum atomic E-state index is 0.483. The van der Waals surface area contributed by atoms with E-state index in [1.807, 2.05) is 6.07 Å². The van der Waals surface area contributed by atoms with Gasteiger partial charge in [-0.3, -0.25) is 4.40 Å². The van der Waals surface area contributed by atoms with Crippen LogP contribution in [0.1, 0.15) is 0 Å². The van der Waals surface area contributed by atoms with Gasteiger partial charge in [0.05, 0.1) is 11.7 Å². The quantitative estimate of drug-likeness (QED) is 0.647. The molecule has 0 radical (unpaired) electrons. The molecule has 0 fully saturated rings. The Hall–Kier alpha value is -1.22. The molecule has 0 bridgehead atoms. The number of imidazole rings is 1. The zero-order chi connectivity index (χ0) is 7.84.